The second-order valence-corrected chi connectivity index (χ2v) is 7.90. The Kier molecular flexibility index (Phi) is 4.30. The van der Waals surface area contributed by atoms with E-state index in [1.54, 1.807) is 12.4 Å². The van der Waals surface area contributed by atoms with E-state index in [9.17, 15) is 0 Å². The number of aromatic nitrogens is 6. The maximum absolute atomic E-state index is 5.02. The number of fused-ring (bicyclic) bond motifs is 2. The first kappa shape index (κ1) is 17.9. The monoisotopic (exact) mass is 407 g/mol. The van der Waals surface area contributed by atoms with Crippen molar-refractivity contribution in [2.24, 2.45) is 0 Å². The summed E-state index contributed by atoms with van der Waals surface area (Å²) in [6.45, 7) is 1.82. The fraction of sp³-hybridized carbons (Fsp3) is 0.208. The Balaban J connectivity index is 1.42. The molecule has 1 saturated heterocycles. The molecule has 7 heteroatoms. The van der Waals surface area contributed by atoms with Crippen molar-refractivity contribution >= 4 is 22.4 Å². The second kappa shape index (κ2) is 7.43. The highest BCUT2D eigenvalue weighted by atomic mass is 15.3. The van der Waals surface area contributed by atoms with Crippen LogP contribution in [-0.2, 0) is 0 Å². The van der Waals surface area contributed by atoms with Gasteiger partial charge < -0.3 is 4.90 Å². The molecule has 0 aliphatic carbocycles. The standard InChI is InChI=1S/C24H21N7/c1-2-8-20-19(7-1)24(27-22(26-20)17-10-12-25-13-11-17)30-14-5-6-18(16-30)23-29-28-21-9-3-4-15-31(21)23/h1-4,7-13,15,18H,5-6,14,16H2. The summed E-state index contributed by atoms with van der Waals surface area (Å²) in [6.07, 6.45) is 7.77. The summed E-state index contributed by atoms with van der Waals surface area (Å²) in [4.78, 5) is 16.3. The molecule has 6 rings (SSSR count). The fourth-order valence-electron chi connectivity index (χ4n) is 4.45. The minimum atomic E-state index is 0.296. The minimum absolute atomic E-state index is 0.296. The van der Waals surface area contributed by atoms with Crippen LogP contribution in [0.2, 0.25) is 0 Å². The first-order valence-corrected chi connectivity index (χ1v) is 10.6. The molecule has 1 aliphatic rings. The molecule has 0 bridgehead atoms. The van der Waals surface area contributed by atoms with Gasteiger partial charge in [-0.15, -0.1) is 10.2 Å². The summed E-state index contributed by atoms with van der Waals surface area (Å²) >= 11 is 0. The molecule has 152 valence electrons. The van der Waals surface area contributed by atoms with Crippen LogP contribution in [0.4, 0.5) is 5.82 Å². The topological polar surface area (TPSA) is 72.1 Å². The third-order valence-corrected chi connectivity index (χ3v) is 5.95. The van der Waals surface area contributed by atoms with E-state index in [0.29, 0.717) is 5.92 Å². The molecule has 1 unspecified atom stereocenters. The van der Waals surface area contributed by atoms with Crippen LogP contribution in [0.25, 0.3) is 27.9 Å². The summed E-state index contributed by atoms with van der Waals surface area (Å²) in [5.74, 6) is 3.03. The third-order valence-electron chi connectivity index (χ3n) is 5.95. The van der Waals surface area contributed by atoms with Gasteiger partial charge in [0.25, 0.3) is 0 Å². The van der Waals surface area contributed by atoms with Gasteiger partial charge in [0.2, 0.25) is 0 Å². The van der Waals surface area contributed by atoms with E-state index >= 15 is 0 Å². The van der Waals surface area contributed by atoms with Crippen molar-refractivity contribution in [3.05, 3.63) is 79.0 Å². The number of pyridine rings is 2. The van der Waals surface area contributed by atoms with E-state index in [1.165, 1.54) is 0 Å². The summed E-state index contributed by atoms with van der Waals surface area (Å²) in [5.41, 5.74) is 2.82. The van der Waals surface area contributed by atoms with Gasteiger partial charge >= 0.3 is 0 Å². The van der Waals surface area contributed by atoms with Crippen LogP contribution < -0.4 is 4.90 Å². The van der Waals surface area contributed by atoms with Gasteiger partial charge in [-0.1, -0.05) is 18.2 Å². The lowest BCUT2D eigenvalue weighted by molar-refractivity contribution is 0.486. The fourth-order valence-corrected chi connectivity index (χ4v) is 4.45. The molecule has 0 N–H and O–H groups in total. The zero-order chi connectivity index (χ0) is 20.6. The molecule has 0 saturated carbocycles. The van der Waals surface area contributed by atoms with Crippen molar-refractivity contribution in [3.63, 3.8) is 0 Å². The molecule has 0 radical (unpaired) electrons. The molecule has 0 spiro atoms. The second-order valence-electron chi connectivity index (χ2n) is 7.90. The number of hydrogen-bond donors (Lipinski definition) is 0. The Morgan fingerprint density at radius 2 is 1.74 bits per heavy atom. The third kappa shape index (κ3) is 3.18. The van der Waals surface area contributed by atoms with Gasteiger partial charge in [-0.05, 0) is 49.2 Å². The molecule has 5 heterocycles. The van der Waals surface area contributed by atoms with E-state index in [2.05, 4.69) is 42.7 Å². The first-order valence-electron chi connectivity index (χ1n) is 10.6. The van der Waals surface area contributed by atoms with E-state index in [-0.39, 0.29) is 0 Å². The van der Waals surface area contributed by atoms with Crippen molar-refractivity contribution in [2.75, 3.05) is 18.0 Å². The highest BCUT2D eigenvalue weighted by molar-refractivity contribution is 5.91. The number of anilines is 1. The van der Waals surface area contributed by atoms with Gasteiger partial charge in [0, 0.05) is 48.5 Å². The average molecular weight is 407 g/mol. The molecular formula is C24H21N7. The Hall–Kier alpha value is -3.87. The number of hydrogen-bond acceptors (Lipinski definition) is 6. The highest BCUT2D eigenvalue weighted by Crippen LogP contribution is 2.33. The van der Waals surface area contributed by atoms with E-state index < -0.39 is 0 Å². The quantitative estimate of drug-likeness (QED) is 0.448. The normalized spacial score (nSPS) is 16.8. The van der Waals surface area contributed by atoms with Crippen LogP contribution in [0.5, 0.6) is 0 Å². The summed E-state index contributed by atoms with van der Waals surface area (Å²) in [6, 6.07) is 18.2. The molecule has 31 heavy (non-hydrogen) atoms. The van der Waals surface area contributed by atoms with Gasteiger partial charge in [0.15, 0.2) is 11.5 Å². The lowest BCUT2D eigenvalue weighted by Crippen LogP contribution is -2.36. The van der Waals surface area contributed by atoms with Gasteiger partial charge in [-0.3, -0.25) is 9.38 Å². The van der Waals surface area contributed by atoms with Crippen molar-refractivity contribution in [3.8, 4) is 11.4 Å². The zero-order valence-electron chi connectivity index (χ0n) is 17.0. The molecule has 1 fully saturated rings. The van der Waals surface area contributed by atoms with Crippen molar-refractivity contribution in [2.45, 2.75) is 18.8 Å². The lowest BCUT2D eigenvalue weighted by atomic mass is 9.97. The Morgan fingerprint density at radius 3 is 2.68 bits per heavy atom. The van der Waals surface area contributed by atoms with Gasteiger partial charge in [0.1, 0.15) is 11.6 Å². The molecule has 4 aromatic heterocycles. The zero-order valence-corrected chi connectivity index (χ0v) is 17.0. The van der Waals surface area contributed by atoms with Crippen molar-refractivity contribution in [1.82, 2.24) is 29.5 Å². The molecule has 5 aromatic rings. The van der Waals surface area contributed by atoms with Crippen LogP contribution in [0.1, 0.15) is 24.6 Å². The number of rotatable bonds is 3. The maximum atomic E-state index is 5.02. The molecule has 1 aliphatic heterocycles. The van der Waals surface area contributed by atoms with Gasteiger partial charge in [-0.2, -0.15) is 0 Å². The molecule has 1 aromatic carbocycles. The Morgan fingerprint density at radius 1 is 0.871 bits per heavy atom. The molecular weight excluding hydrogens is 386 g/mol. The van der Waals surface area contributed by atoms with Crippen LogP contribution in [0, 0.1) is 0 Å². The van der Waals surface area contributed by atoms with Crippen LogP contribution in [-0.4, -0.2) is 42.6 Å². The molecule has 7 nitrogen and oxygen atoms in total. The summed E-state index contributed by atoms with van der Waals surface area (Å²) < 4.78 is 2.11. The maximum Gasteiger partial charge on any atom is 0.162 e. The molecule has 0 amide bonds. The summed E-state index contributed by atoms with van der Waals surface area (Å²) in [5, 5.41) is 9.96. The minimum Gasteiger partial charge on any atom is -0.355 e. The predicted octanol–water partition coefficient (Wildman–Crippen LogP) is 4.12. The number of benzene rings is 1. The van der Waals surface area contributed by atoms with Crippen LogP contribution in [0.15, 0.2) is 73.2 Å². The van der Waals surface area contributed by atoms with E-state index in [4.69, 9.17) is 9.97 Å². The van der Waals surface area contributed by atoms with Crippen molar-refractivity contribution in [1.29, 1.82) is 0 Å². The van der Waals surface area contributed by atoms with E-state index in [1.807, 2.05) is 42.6 Å². The number of nitrogens with zero attached hydrogens (tertiary/aromatic N) is 7. The Bertz CT molecular complexity index is 1360. The number of piperidine rings is 1. The lowest BCUT2D eigenvalue weighted by Gasteiger charge is -2.33. The van der Waals surface area contributed by atoms with Gasteiger partial charge in [0.05, 0.1) is 5.52 Å². The largest absolute Gasteiger partial charge is 0.355 e. The van der Waals surface area contributed by atoms with Gasteiger partial charge in [-0.25, -0.2) is 9.97 Å². The number of para-hydroxylation sites is 1. The van der Waals surface area contributed by atoms with Crippen molar-refractivity contribution < 1.29 is 0 Å². The molecule has 1 atom stereocenters. The van der Waals surface area contributed by atoms with E-state index in [0.717, 1.165) is 65.5 Å². The SMILES string of the molecule is c1ccc2c(N3CCCC(c4nnc5ccccn45)C3)nc(-c3ccncc3)nc2c1. The predicted molar refractivity (Wildman–Crippen MR) is 120 cm³/mol. The van der Waals surface area contributed by atoms with Crippen LogP contribution in [0.3, 0.4) is 0 Å². The highest BCUT2D eigenvalue weighted by Gasteiger charge is 2.27. The Labute approximate surface area is 179 Å². The average Bonchev–Trinajstić information content (AvgIpc) is 3.28. The first-order chi connectivity index (χ1) is 15.4. The smallest absolute Gasteiger partial charge is 0.162 e. The van der Waals surface area contributed by atoms with Crippen LogP contribution >= 0.6 is 0 Å². The summed E-state index contributed by atoms with van der Waals surface area (Å²) in [7, 11) is 0.